The van der Waals surface area contributed by atoms with Crippen molar-refractivity contribution in [3.8, 4) is 0 Å². The second kappa shape index (κ2) is 13.1. The van der Waals surface area contributed by atoms with Gasteiger partial charge >= 0.3 is 0 Å². The molecule has 2 aromatic rings. The molecular weight excluding hydrogens is 486 g/mol. The minimum absolute atomic E-state index is 0.144. The van der Waals surface area contributed by atoms with Gasteiger partial charge < -0.3 is 10.2 Å². The zero-order valence-electron chi connectivity index (χ0n) is 23.4. The predicted molar refractivity (Wildman–Crippen MR) is 151 cm³/mol. The molecule has 0 aliphatic heterocycles. The Hall–Kier alpha value is -2.87. The molecule has 0 fully saturated rings. The molecule has 2 rings (SSSR count). The van der Waals surface area contributed by atoms with Crippen LogP contribution in [0.2, 0.25) is 0 Å². The number of anilines is 1. The van der Waals surface area contributed by atoms with Crippen LogP contribution in [0.3, 0.4) is 0 Å². The fourth-order valence-corrected chi connectivity index (χ4v) is 5.40. The lowest BCUT2D eigenvalue weighted by Gasteiger charge is -2.33. The Morgan fingerprint density at radius 2 is 1.57 bits per heavy atom. The van der Waals surface area contributed by atoms with Crippen LogP contribution in [0, 0.1) is 13.8 Å². The monoisotopic (exact) mass is 529 g/mol. The topological polar surface area (TPSA) is 86.8 Å². The number of amides is 2. The summed E-state index contributed by atoms with van der Waals surface area (Å²) in [6, 6.07) is 14.9. The third-order valence-electron chi connectivity index (χ3n) is 6.01. The van der Waals surface area contributed by atoms with Crippen molar-refractivity contribution in [2.24, 2.45) is 0 Å². The number of hydrogen-bond acceptors (Lipinski definition) is 4. The molecule has 0 radical (unpaired) electrons. The van der Waals surface area contributed by atoms with Gasteiger partial charge in [-0.1, -0.05) is 43.3 Å². The molecule has 0 aromatic heterocycles. The van der Waals surface area contributed by atoms with Crippen molar-refractivity contribution in [2.75, 3.05) is 23.7 Å². The number of carbonyl (C=O) groups is 2. The highest BCUT2D eigenvalue weighted by atomic mass is 32.2. The zero-order valence-corrected chi connectivity index (χ0v) is 24.2. The van der Waals surface area contributed by atoms with Crippen LogP contribution in [-0.4, -0.2) is 56.1 Å². The number of aryl methyl sites for hydroxylation is 2. The predicted octanol–water partition coefficient (Wildman–Crippen LogP) is 4.61. The number of nitrogens with zero attached hydrogens (tertiary/aromatic N) is 2. The minimum atomic E-state index is -3.53. The summed E-state index contributed by atoms with van der Waals surface area (Å²) in [5.74, 6) is -0.329. The summed E-state index contributed by atoms with van der Waals surface area (Å²) in [6.45, 7) is 12.1. The molecule has 7 nitrogen and oxygen atoms in total. The first-order valence-electron chi connectivity index (χ1n) is 12.9. The fraction of sp³-hybridized carbons (Fsp3) is 0.517. The number of benzene rings is 2. The summed E-state index contributed by atoms with van der Waals surface area (Å²) in [6.07, 6.45) is 2.79. The van der Waals surface area contributed by atoms with Crippen molar-refractivity contribution >= 4 is 27.5 Å². The molecular formula is C29H43N3O4S. The first-order valence-corrected chi connectivity index (χ1v) is 14.8. The van der Waals surface area contributed by atoms with Crippen molar-refractivity contribution < 1.29 is 18.0 Å². The van der Waals surface area contributed by atoms with Gasteiger partial charge in [0.2, 0.25) is 21.8 Å². The molecule has 0 spiro atoms. The summed E-state index contributed by atoms with van der Waals surface area (Å²) >= 11 is 0. The second-order valence-corrected chi connectivity index (χ2v) is 12.7. The molecule has 0 heterocycles. The average Bonchev–Trinajstić information content (AvgIpc) is 2.77. The van der Waals surface area contributed by atoms with Crippen LogP contribution in [0.5, 0.6) is 0 Å². The molecule has 1 atom stereocenters. The first kappa shape index (κ1) is 30.4. The lowest BCUT2D eigenvalue weighted by Crippen LogP contribution is -2.54. The van der Waals surface area contributed by atoms with Crippen molar-refractivity contribution in [3.05, 3.63) is 65.2 Å². The van der Waals surface area contributed by atoms with Gasteiger partial charge in [0.15, 0.2) is 0 Å². The van der Waals surface area contributed by atoms with Gasteiger partial charge in [0.25, 0.3) is 0 Å². The third-order valence-corrected chi connectivity index (χ3v) is 7.21. The molecule has 2 aromatic carbocycles. The molecule has 2 amide bonds. The van der Waals surface area contributed by atoms with E-state index in [-0.39, 0.29) is 24.8 Å². The fourth-order valence-electron chi connectivity index (χ4n) is 4.45. The van der Waals surface area contributed by atoms with E-state index in [1.807, 2.05) is 90.1 Å². The summed E-state index contributed by atoms with van der Waals surface area (Å²) in [4.78, 5) is 28.3. The summed E-state index contributed by atoms with van der Waals surface area (Å²) in [5, 5.41) is 3.01. The van der Waals surface area contributed by atoms with Gasteiger partial charge in [-0.05, 0) is 82.7 Å². The van der Waals surface area contributed by atoms with E-state index < -0.39 is 21.6 Å². The first-order chi connectivity index (χ1) is 17.2. The van der Waals surface area contributed by atoms with E-state index in [1.165, 1.54) is 10.6 Å². The van der Waals surface area contributed by atoms with Gasteiger partial charge in [0.05, 0.1) is 11.9 Å². The van der Waals surface area contributed by atoms with E-state index in [0.717, 1.165) is 16.7 Å². The normalized spacial score (nSPS) is 12.6. The van der Waals surface area contributed by atoms with Crippen LogP contribution in [0.1, 0.15) is 63.6 Å². The SMILES string of the molecule is CCC(C(=O)NC(C)(C)C)N(CCc1ccccc1)C(=O)CCCN(c1cc(C)cc(C)c1)S(C)(=O)=O. The van der Waals surface area contributed by atoms with Crippen LogP contribution in [0.4, 0.5) is 5.69 Å². The van der Waals surface area contributed by atoms with Gasteiger partial charge in [-0.15, -0.1) is 0 Å². The highest BCUT2D eigenvalue weighted by Gasteiger charge is 2.30. The number of rotatable bonds is 12. The molecule has 0 bridgehead atoms. The Morgan fingerprint density at radius 3 is 2.08 bits per heavy atom. The standard InChI is InChI=1S/C29H43N3O4S/c1-8-26(28(34)30-29(4,5)6)31(18-16-24-13-10-9-11-14-24)27(33)15-12-17-32(37(7,35)36)25-20-22(2)19-23(3)21-25/h9-11,13-14,19-21,26H,8,12,15-18H2,1-7H3,(H,30,34). The minimum Gasteiger partial charge on any atom is -0.350 e. The zero-order chi connectivity index (χ0) is 27.8. The van der Waals surface area contributed by atoms with E-state index in [1.54, 1.807) is 4.90 Å². The van der Waals surface area contributed by atoms with Crippen molar-refractivity contribution in [1.29, 1.82) is 0 Å². The largest absolute Gasteiger partial charge is 0.350 e. The molecule has 0 saturated carbocycles. The maximum absolute atomic E-state index is 13.5. The van der Waals surface area contributed by atoms with E-state index in [9.17, 15) is 18.0 Å². The van der Waals surface area contributed by atoms with E-state index >= 15 is 0 Å². The summed E-state index contributed by atoms with van der Waals surface area (Å²) in [5.41, 5.74) is 3.22. The van der Waals surface area contributed by atoms with Crippen LogP contribution in [-0.2, 0) is 26.0 Å². The van der Waals surface area contributed by atoms with E-state index in [2.05, 4.69) is 5.32 Å². The average molecular weight is 530 g/mol. The molecule has 1 unspecified atom stereocenters. The van der Waals surface area contributed by atoms with Gasteiger partial charge in [-0.3, -0.25) is 13.9 Å². The number of nitrogens with one attached hydrogen (secondary N) is 1. The summed E-state index contributed by atoms with van der Waals surface area (Å²) in [7, 11) is -3.53. The molecule has 8 heteroatoms. The van der Waals surface area contributed by atoms with Crippen molar-refractivity contribution in [1.82, 2.24) is 10.2 Å². The van der Waals surface area contributed by atoms with Gasteiger partial charge in [0.1, 0.15) is 6.04 Å². The number of hydrogen-bond donors (Lipinski definition) is 1. The number of carbonyl (C=O) groups excluding carboxylic acids is 2. The van der Waals surface area contributed by atoms with E-state index in [4.69, 9.17) is 0 Å². The lowest BCUT2D eigenvalue weighted by atomic mass is 10.0. The molecule has 0 aliphatic rings. The van der Waals surface area contributed by atoms with Crippen molar-refractivity contribution in [3.63, 3.8) is 0 Å². The maximum atomic E-state index is 13.5. The third kappa shape index (κ3) is 9.84. The van der Waals surface area contributed by atoms with Crippen LogP contribution in [0.25, 0.3) is 0 Å². The second-order valence-electron chi connectivity index (χ2n) is 10.8. The smallest absolute Gasteiger partial charge is 0.243 e. The Morgan fingerprint density at radius 1 is 0.973 bits per heavy atom. The van der Waals surface area contributed by atoms with E-state index in [0.29, 0.717) is 31.5 Å². The van der Waals surface area contributed by atoms with Gasteiger partial charge in [-0.25, -0.2) is 8.42 Å². The molecule has 0 aliphatic carbocycles. The van der Waals surface area contributed by atoms with Gasteiger partial charge in [0, 0.05) is 25.0 Å². The van der Waals surface area contributed by atoms with Crippen LogP contribution < -0.4 is 9.62 Å². The molecule has 1 N–H and O–H groups in total. The Kier molecular flexibility index (Phi) is 10.7. The highest BCUT2D eigenvalue weighted by molar-refractivity contribution is 7.92. The van der Waals surface area contributed by atoms with Crippen molar-refractivity contribution in [2.45, 2.75) is 78.8 Å². The molecule has 37 heavy (non-hydrogen) atoms. The van der Waals surface area contributed by atoms with Gasteiger partial charge in [-0.2, -0.15) is 0 Å². The number of sulfonamides is 1. The van der Waals surface area contributed by atoms with Crippen LogP contribution in [0.15, 0.2) is 48.5 Å². The lowest BCUT2D eigenvalue weighted by molar-refractivity contribution is -0.141. The Labute approximate surface area is 223 Å². The maximum Gasteiger partial charge on any atom is 0.243 e. The quantitative estimate of drug-likeness (QED) is 0.435. The van der Waals surface area contributed by atoms with Crippen LogP contribution >= 0.6 is 0 Å². The Bertz CT molecular complexity index is 1140. The Balaban J connectivity index is 2.20. The highest BCUT2D eigenvalue weighted by Crippen LogP contribution is 2.22. The summed E-state index contributed by atoms with van der Waals surface area (Å²) < 4.78 is 26.5. The molecule has 0 saturated heterocycles. The molecule has 204 valence electrons.